The lowest BCUT2D eigenvalue weighted by atomic mass is 10.0. The van der Waals surface area contributed by atoms with E-state index in [9.17, 15) is 19.4 Å². The van der Waals surface area contributed by atoms with Gasteiger partial charge in [0, 0.05) is 6.42 Å². The largest absolute Gasteiger partial charge is 0.472 e. The lowest BCUT2D eigenvalue weighted by Gasteiger charge is -2.25. The van der Waals surface area contributed by atoms with E-state index in [0.717, 1.165) is 32.1 Å². The normalized spacial score (nSPS) is 13.9. The Morgan fingerprint density at radius 1 is 0.458 bits per heavy atom. The highest BCUT2D eigenvalue weighted by molar-refractivity contribution is 7.47. The number of phosphoric acid groups is 1. The van der Waals surface area contributed by atoms with E-state index < -0.39 is 20.0 Å². The molecule has 0 aliphatic carbocycles. The van der Waals surface area contributed by atoms with E-state index >= 15 is 0 Å². The van der Waals surface area contributed by atoms with Crippen molar-refractivity contribution in [2.45, 2.75) is 334 Å². The molecular weight excluding hydrogens is 912 g/mol. The third-order valence-corrected chi connectivity index (χ3v) is 15.6. The number of allylic oxidation sites excluding steroid dienone is 3. The van der Waals surface area contributed by atoms with E-state index in [4.69, 9.17) is 9.05 Å². The zero-order chi connectivity index (χ0) is 52.7. The summed E-state index contributed by atoms with van der Waals surface area (Å²) in [5, 5.41) is 14.0. The zero-order valence-electron chi connectivity index (χ0n) is 48.9. The Morgan fingerprint density at radius 3 is 1.07 bits per heavy atom. The van der Waals surface area contributed by atoms with E-state index in [1.54, 1.807) is 6.08 Å². The summed E-state index contributed by atoms with van der Waals surface area (Å²) in [6, 6.07) is -0.845. The molecule has 428 valence electrons. The van der Waals surface area contributed by atoms with Crippen molar-refractivity contribution in [3.63, 3.8) is 0 Å². The van der Waals surface area contributed by atoms with Crippen LogP contribution in [0.5, 0.6) is 0 Å². The fraction of sp³-hybridized carbons (Fsp3) is 0.921. The summed E-state index contributed by atoms with van der Waals surface area (Å²) in [6.45, 7) is 4.87. The van der Waals surface area contributed by atoms with E-state index in [-0.39, 0.29) is 19.1 Å². The number of amides is 1. The van der Waals surface area contributed by atoms with Gasteiger partial charge in [-0.1, -0.05) is 295 Å². The monoisotopic (exact) mass is 1040 g/mol. The van der Waals surface area contributed by atoms with Crippen LogP contribution in [0.15, 0.2) is 24.3 Å². The molecule has 0 aliphatic heterocycles. The second-order valence-corrected chi connectivity index (χ2v) is 24.6. The van der Waals surface area contributed by atoms with Crippen molar-refractivity contribution in [2.24, 2.45) is 0 Å². The van der Waals surface area contributed by atoms with E-state index in [1.807, 2.05) is 27.2 Å². The molecule has 8 nitrogen and oxygen atoms in total. The summed E-state index contributed by atoms with van der Waals surface area (Å²) < 4.78 is 23.8. The minimum Gasteiger partial charge on any atom is -0.387 e. The standard InChI is InChI=1S/C63H125N2O6P/c1-6-8-10-12-14-16-18-20-22-24-26-28-29-30-31-32-33-34-35-37-39-41-43-45-47-49-51-53-55-57-63(67)64-61(60-71-72(68,69)70-59-58-65(3,4)5)62(66)56-54-52-50-48-46-44-42-40-38-36-27-25-23-21-19-17-15-13-11-9-7-2/h30-31,54,56,61-62,66H,6-29,32-53,55,57-60H2,1-5H3,(H-,64,67,68,69)/p+1/b31-30-,56-54+. The molecule has 3 atom stereocenters. The lowest BCUT2D eigenvalue weighted by molar-refractivity contribution is -0.870. The van der Waals surface area contributed by atoms with Gasteiger partial charge in [-0.25, -0.2) is 4.57 Å². The van der Waals surface area contributed by atoms with Crippen LogP contribution in [0.25, 0.3) is 0 Å². The van der Waals surface area contributed by atoms with Crippen LogP contribution in [-0.2, 0) is 18.4 Å². The number of aliphatic hydroxyl groups is 1. The molecule has 0 bridgehead atoms. The molecule has 0 aromatic rings. The molecule has 0 aromatic carbocycles. The van der Waals surface area contributed by atoms with Crippen molar-refractivity contribution in [1.82, 2.24) is 5.32 Å². The Balaban J connectivity index is 4.10. The number of carbonyl (C=O) groups excluding carboxylic acids is 1. The van der Waals surface area contributed by atoms with Crippen LogP contribution in [0.4, 0.5) is 0 Å². The zero-order valence-corrected chi connectivity index (χ0v) is 49.8. The van der Waals surface area contributed by atoms with Gasteiger partial charge in [0.1, 0.15) is 13.2 Å². The van der Waals surface area contributed by atoms with Crippen molar-refractivity contribution in [3.8, 4) is 0 Å². The van der Waals surface area contributed by atoms with Gasteiger partial charge >= 0.3 is 7.82 Å². The van der Waals surface area contributed by atoms with E-state index in [2.05, 4.69) is 31.3 Å². The maximum Gasteiger partial charge on any atom is 0.472 e. The van der Waals surface area contributed by atoms with Gasteiger partial charge in [0.2, 0.25) is 5.91 Å². The molecule has 0 rings (SSSR count). The number of nitrogens with one attached hydrogen (secondary N) is 1. The van der Waals surface area contributed by atoms with Gasteiger partial charge in [-0.2, -0.15) is 0 Å². The molecule has 3 N–H and O–H groups in total. The van der Waals surface area contributed by atoms with Crippen LogP contribution in [0, 0.1) is 0 Å². The van der Waals surface area contributed by atoms with Crippen molar-refractivity contribution in [2.75, 3.05) is 40.9 Å². The number of aliphatic hydroxyl groups excluding tert-OH is 1. The van der Waals surface area contributed by atoms with Gasteiger partial charge in [-0.3, -0.25) is 13.8 Å². The summed E-state index contributed by atoms with van der Waals surface area (Å²) >= 11 is 0. The smallest absolute Gasteiger partial charge is 0.387 e. The maximum absolute atomic E-state index is 13.0. The van der Waals surface area contributed by atoms with Crippen molar-refractivity contribution < 1.29 is 32.9 Å². The number of nitrogens with zero attached hydrogens (tertiary/aromatic N) is 1. The second-order valence-electron chi connectivity index (χ2n) is 23.1. The molecule has 0 saturated carbocycles. The first-order valence-corrected chi connectivity index (χ1v) is 33.2. The van der Waals surface area contributed by atoms with Gasteiger partial charge < -0.3 is 19.8 Å². The number of phosphoric ester groups is 1. The van der Waals surface area contributed by atoms with Crippen LogP contribution in [-0.4, -0.2) is 73.4 Å². The summed E-state index contributed by atoms with van der Waals surface area (Å²) in [6.07, 6.45) is 70.1. The average Bonchev–Trinajstić information content (AvgIpc) is 3.34. The van der Waals surface area contributed by atoms with E-state index in [1.165, 1.54) is 270 Å². The third kappa shape index (κ3) is 56.7. The molecule has 0 aromatic heterocycles. The fourth-order valence-corrected chi connectivity index (χ4v) is 10.4. The molecule has 0 heterocycles. The van der Waals surface area contributed by atoms with Gasteiger partial charge in [0.25, 0.3) is 0 Å². The molecule has 9 heteroatoms. The number of hydrogen-bond donors (Lipinski definition) is 3. The third-order valence-electron chi connectivity index (χ3n) is 14.7. The minimum atomic E-state index is -4.35. The van der Waals surface area contributed by atoms with Crippen LogP contribution in [0.2, 0.25) is 0 Å². The molecule has 0 saturated heterocycles. The number of quaternary nitrogens is 1. The molecule has 0 spiro atoms. The van der Waals surface area contributed by atoms with Gasteiger partial charge in [0.15, 0.2) is 0 Å². The Morgan fingerprint density at radius 2 is 0.750 bits per heavy atom. The first-order valence-electron chi connectivity index (χ1n) is 31.7. The molecule has 3 unspecified atom stereocenters. The second kappa shape index (κ2) is 54.8. The summed E-state index contributed by atoms with van der Waals surface area (Å²) in [7, 11) is 1.59. The van der Waals surface area contributed by atoms with Gasteiger partial charge in [-0.15, -0.1) is 0 Å². The molecular formula is C63H126N2O6P+. The highest BCUT2D eigenvalue weighted by atomic mass is 31.2. The van der Waals surface area contributed by atoms with Crippen molar-refractivity contribution in [3.05, 3.63) is 24.3 Å². The first-order chi connectivity index (χ1) is 35.0. The summed E-state index contributed by atoms with van der Waals surface area (Å²) in [4.78, 5) is 23.4. The predicted molar refractivity (Wildman–Crippen MR) is 314 cm³/mol. The van der Waals surface area contributed by atoms with Crippen LogP contribution in [0.3, 0.4) is 0 Å². The number of likely N-dealkylation sites (N-methyl/N-ethyl adjacent to an activating group) is 1. The average molecular weight is 1040 g/mol. The Kier molecular flexibility index (Phi) is 54.0. The highest BCUT2D eigenvalue weighted by Crippen LogP contribution is 2.43. The Bertz CT molecular complexity index is 1220. The molecule has 0 aliphatic rings. The molecule has 1 amide bonds. The van der Waals surface area contributed by atoms with Crippen LogP contribution < -0.4 is 5.32 Å². The lowest BCUT2D eigenvalue weighted by Crippen LogP contribution is -2.45. The number of rotatable bonds is 59. The maximum atomic E-state index is 13.0. The molecule has 72 heavy (non-hydrogen) atoms. The number of hydrogen-bond acceptors (Lipinski definition) is 5. The quantitative estimate of drug-likeness (QED) is 0.0243. The fourth-order valence-electron chi connectivity index (χ4n) is 9.69. The van der Waals surface area contributed by atoms with Gasteiger partial charge in [0.05, 0.1) is 39.9 Å². The highest BCUT2D eigenvalue weighted by Gasteiger charge is 2.28. The summed E-state index contributed by atoms with van der Waals surface area (Å²) in [5.74, 6) is -0.171. The first kappa shape index (κ1) is 71.0. The molecule has 0 radical (unpaired) electrons. The predicted octanol–water partition coefficient (Wildman–Crippen LogP) is 19.5. The van der Waals surface area contributed by atoms with Crippen molar-refractivity contribution >= 4 is 13.7 Å². The van der Waals surface area contributed by atoms with Gasteiger partial charge in [-0.05, 0) is 44.9 Å². The number of unbranched alkanes of at least 4 members (excludes halogenated alkanes) is 44. The Hall–Kier alpha value is -1.02. The topological polar surface area (TPSA) is 105 Å². The van der Waals surface area contributed by atoms with Crippen molar-refractivity contribution in [1.29, 1.82) is 0 Å². The van der Waals surface area contributed by atoms with Crippen LogP contribution in [0.1, 0.15) is 322 Å². The minimum absolute atomic E-state index is 0.0637. The Labute approximate surface area is 449 Å². The number of carbonyl (C=O) groups is 1. The summed E-state index contributed by atoms with van der Waals surface area (Å²) in [5.41, 5.74) is 0. The molecule has 0 fully saturated rings. The van der Waals surface area contributed by atoms with E-state index in [0.29, 0.717) is 17.4 Å². The van der Waals surface area contributed by atoms with Crippen LogP contribution >= 0.6 is 7.82 Å². The SMILES string of the molecule is CCCCCCCCCCCCCC/C=C\CCCCCCCCCCCCCCCC(=O)NC(COP(=O)(O)OCC[N+](C)(C)C)C(O)/C=C/CCCCCCCCCCCCCCCCCCCCC.